The van der Waals surface area contributed by atoms with Gasteiger partial charge in [-0.05, 0) is 17.8 Å². The van der Waals surface area contributed by atoms with Gasteiger partial charge >= 0.3 is 11.9 Å². The van der Waals surface area contributed by atoms with Crippen LogP contribution in [-0.4, -0.2) is 11.9 Å². The first kappa shape index (κ1) is 15.1. The van der Waals surface area contributed by atoms with Crippen molar-refractivity contribution >= 4 is 29.1 Å². The Balaban J connectivity index is 3.17. The van der Waals surface area contributed by atoms with E-state index in [0.717, 1.165) is 0 Å². The molecule has 0 heterocycles. The van der Waals surface area contributed by atoms with Crippen LogP contribution in [0, 0.1) is 0 Å². The Kier molecular flexibility index (Phi) is 4.16. The standard InChI is InChI=1S/C8H4ClF6NOS/c9-3-1-5(17-7(10,11)12)6(2-4(3)16)18-8(13,14)15/h1-2H,16H2. The number of nitrogen functional groups attached to an aromatic ring is 1. The lowest BCUT2D eigenvalue weighted by atomic mass is 10.3. The minimum Gasteiger partial charge on any atom is -0.405 e. The van der Waals surface area contributed by atoms with E-state index in [4.69, 9.17) is 17.3 Å². The average Bonchev–Trinajstić information content (AvgIpc) is 2.08. The molecule has 0 aliphatic heterocycles. The minimum atomic E-state index is -5.12. The summed E-state index contributed by atoms with van der Waals surface area (Å²) in [5.41, 5.74) is 0.169. The summed E-state index contributed by atoms with van der Waals surface area (Å²) in [5, 5.41) is -0.333. The van der Waals surface area contributed by atoms with Crippen LogP contribution in [-0.2, 0) is 0 Å². The highest BCUT2D eigenvalue weighted by atomic mass is 35.5. The quantitative estimate of drug-likeness (QED) is 0.498. The topological polar surface area (TPSA) is 35.2 Å². The molecule has 0 aliphatic carbocycles. The van der Waals surface area contributed by atoms with Crippen molar-refractivity contribution in [2.75, 3.05) is 5.73 Å². The van der Waals surface area contributed by atoms with Crippen molar-refractivity contribution in [3.8, 4) is 5.75 Å². The molecule has 0 unspecified atom stereocenters. The predicted molar refractivity (Wildman–Crippen MR) is 54.5 cm³/mol. The van der Waals surface area contributed by atoms with Crippen molar-refractivity contribution in [2.45, 2.75) is 16.8 Å². The van der Waals surface area contributed by atoms with Crippen molar-refractivity contribution in [3.05, 3.63) is 17.2 Å². The molecule has 0 saturated heterocycles. The van der Waals surface area contributed by atoms with Gasteiger partial charge in [0.05, 0.1) is 15.6 Å². The van der Waals surface area contributed by atoms with Gasteiger partial charge < -0.3 is 10.5 Å². The second kappa shape index (κ2) is 4.96. The molecule has 1 aromatic carbocycles. The molecular formula is C8H4ClF6NOS. The highest BCUT2D eigenvalue weighted by molar-refractivity contribution is 8.00. The zero-order valence-electron chi connectivity index (χ0n) is 8.19. The summed E-state index contributed by atoms with van der Waals surface area (Å²) in [6.07, 6.45) is -5.12. The van der Waals surface area contributed by atoms with Crippen LogP contribution in [0.1, 0.15) is 0 Å². The Labute approximate surface area is 106 Å². The number of benzene rings is 1. The van der Waals surface area contributed by atoms with E-state index >= 15 is 0 Å². The highest BCUT2D eigenvalue weighted by Crippen LogP contribution is 2.45. The number of thioether (sulfide) groups is 1. The van der Waals surface area contributed by atoms with Crippen molar-refractivity contribution in [1.82, 2.24) is 0 Å². The molecule has 1 aromatic rings. The molecule has 0 bridgehead atoms. The smallest absolute Gasteiger partial charge is 0.405 e. The van der Waals surface area contributed by atoms with Gasteiger partial charge in [-0.3, -0.25) is 0 Å². The zero-order chi connectivity index (χ0) is 14.1. The molecule has 2 nitrogen and oxygen atoms in total. The Morgan fingerprint density at radius 2 is 1.67 bits per heavy atom. The van der Waals surface area contributed by atoms with Crippen molar-refractivity contribution in [3.63, 3.8) is 0 Å². The molecule has 0 spiro atoms. The molecule has 18 heavy (non-hydrogen) atoms. The van der Waals surface area contributed by atoms with Gasteiger partial charge in [-0.15, -0.1) is 13.2 Å². The maximum Gasteiger partial charge on any atom is 0.573 e. The van der Waals surface area contributed by atoms with Gasteiger partial charge in [0, 0.05) is 6.07 Å². The van der Waals surface area contributed by atoms with Gasteiger partial charge in [0.15, 0.2) is 0 Å². The number of rotatable bonds is 2. The summed E-state index contributed by atoms with van der Waals surface area (Å²) < 4.78 is 75.9. The Morgan fingerprint density at radius 3 is 2.11 bits per heavy atom. The van der Waals surface area contributed by atoms with E-state index < -0.39 is 34.3 Å². The van der Waals surface area contributed by atoms with Crippen LogP contribution in [0.5, 0.6) is 5.75 Å². The van der Waals surface area contributed by atoms with E-state index in [2.05, 4.69) is 4.74 Å². The molecule has 0 radical (unpaired) electrons. The summed E-state index contributed by atoms with van der Waals surface area (Å²) in [6, 6.07) is 1.25. The molecule has 0 fully saturated rings. The molecule has 0 saturated carbocycles. The molecule has 0 atom stereocenters. The summed E-state index contributed by atoms with van der Waals surface area (Å²) >= 11 is 4.65. The molecule has 0 aliphatic rings. The molecule has 10 heteroatoms. The van der Waals surface area contributed by atoms with Crippen LogP contribution in [0.4, 0.5) is 32.0 Å². The van der Waals surface area contributed by atoms with Crippen molar-refractivity contribution in [1.29, 1.82) is 0 Å². The fraction of sp³-hybridized carbons (Fsp3) is 0.250. The third-order valence-electron chi connectivity index (χ3n) is 1.51. The monoisotopic (exact) mass is 311 g/mol. The number of hydrogen-bond donors (Lipinski definition) is 1. The van der Waals surface area contributed by atoms with E-state index in [9.17, 15) is 26.3 Å². The summed E-state index contributed by atoms with van der Waals surface area (Å²) in [7, 11) is 0. The van der Waals surface area contributed by atoms with Gasteiger partial charge in [0.2, 0.25) is 0 Å². The number of halogens is 7. The molecule has 102 valence electrons. The minimum absolute atomic E-state index is 0.280. The molecule has 0 aromatic heterocycles. The second-order valence-electron chi connectivity index (χ2n) is 2.92. The van der Waals surface area contributed by atoms with Crippen LogP contribution in [0.25, 0.3) is 0 Å². The molecule has 1 rings (SSSR count). The lowest BCUT2D eigenvalue weighted by Gasteiger charge is -2.15. The highest BCUT2D eigenvalue weighted by Gasteiger charge is 2.36. The van der Waals surface area contributed by atoms with Crippen LogP contribution < -0.4 is 10.5 Å². The third-order valence-corrected chi connectivity index (χ3v) is 2.61. The van der Waals surface area contributed by atoms with Gasteiger partial charge in [-0.25, -0.2) is 0 Å². The van der Waals surface area contributed by atoms with E-state index in [1.807, 2.05) is 0 Å². The van der Waals surface area contributed by atoms with E-state index in [1.165, 1.54) is 0 Å². The fourth-order valence-corrected chi connectivity index (χ4v) is 1.75. The second-order valence-corrected chi connectivity index (χ2v) is 4.43. The first-order valence-electron chi connectivity index (χ1n) is 4.08. The number of anilines is 1. The average molecular weight is 312 g/mol. The predicted octanol–water partition coefficient (Wildman–Crippen LogP) is 4.43. The van der Waals surface area contributed by atoms with Gasteiger partial charge in [-0.1, -0.05) is 11.6 Å². The first-order chi connectivity index (χ1) is 7.98. The number of nitrogens with two attached hydrogens (primary N) is 1. The molecular weight excluding hydrogens is 308 g/mol. The summed E-state index contributed by atoms with van der Waals surface area (Å²) in [6.45, 7) is 0. The van der Waals surface area contributed by atoms with Crippen LogP contribution in [0.15, 0.2) is 17.0 Å². The van der Waals surface area contributed by atoms with Gasteiger partial charge in [-0.2, -0.15) is 13.2 Å². The normalized spacial score (nSPS) is 12.6. The molecule has 0 amide bonds. The van der Waals surface area contributed by atoms with Crippen LogP contribution in [0.2, 0.25) is 5.02 Å². The van der Waals surface area contributed by atoms with Crippen molar-refractivity contribution < 1.29 is 31.1 Å². The third kappa shape index (κ3) is 4.73. The number of hydrogen-bond acceptors (Lipinski definition) is 3. The van der Waals surface area contributed by atoms with Gasteiger partial charge in [0.1, 0.15) is 5.75 Å². The Bertz CT molecular complexity index is 405. The zero-order valence-corrected chi connectivity index (χ0v) is 9.77. The van der Waals surface area contributed by atoms with Crippen LogP contribution >= 0.6 is 23.4 Å². The maximum absolute atomic E-state index is 12.1. The SMILES string of the molecule is Nc1cc(SC(F)(F)F)c(OC(F)(F)F)cc1Cl. The lowest BCUT2D eigenvalue weighted by Crippen LogP contribution is -2.18. The van der Waals surface area contributed by atoms with Crippen LogP contribution in [0.3, 0.4) is 0 Å². The van der Waals surface area contributed by atoms with Crippen molar-refractivity contribution in [2.24, 2.45) is 0 Å². The van der Waals surface area contributed by atoms with E-state index in [0.29, 0.717) is 12.1 Å². The maximum atomic E-state index is 12.1. The summed E-state index contributed by atoms with van der Waals surface area (Å²) in [5.74, 6) is -1.05. The number of ether oxygens (including phenoxy) is 1. The van der Waals surface area contributed by atoms with E-state index in [1.54, 1.807) is 0 Å². The first-order valence-corrected chi connectivity index (χ1v) is 5.28. The Morgan fingerprint density at radius 1 is 1.11 bits per heavy atom. The fourth-order valence-electron chi connectivity index (χ4n) is 0.960. The molecule has 2 N–H and O–H groups in total. The van der Waals surface area contributed by atoms with Gasteiger partial charge in [0.25, 0.3) is 0 Å². The lowest BCUT2D eigenvalue weighted by molar-refractivity contribution is -0.275. The Hall–Kier alpha value is -0.960. The number of alkyl halides is 6. The largest absolute Gasteiger partial charge is 0.573 e. The van der Waals surface area contributed by atoms with E-state index in [-0.39, 0.29) is 10.7 Å². The summed E-state index contributed by atoms with van der Waals surface area (Å²) in [4.78, 5) is -0.818.